The molecule has 0 saturated carbocycles. The monoisotopic (exact) mass is 472 g/mol. The molecule has 3 heterocycles. The predicted molar refractivity (Wildman–Crippen MR) is 121 cm³/mol. The van der Waals surface area contributed by atoms with Crippen LogP contribution < -0.4 is 20.9 Å². The highest BCUT2D eigenvalue weighted by atomic mass is 35.5. The van der Waals surface area contributed by atoms with Crippen LogP contribution in [0.1, 0.15) is 22.2 Å². The van der Waals surface area contributed by atoms with Gasteiger partial charge in [-0.2, -0.15) is 4.98 Å². The number of hydrogen-bond acceptors (Lipinski definition) is 8. The van der Waals surface area contributed by atoms with Crippen LogP contribution in [0.15, 0.2) is 35.8 Å². The molecule has 0 atom stereocenters. The maximum atomic E-state index is 12.1. The number of carbonyl (C=O) groups excluding carboxylic acids is 2. The molecule has 4 rings (SSSR count). The zero-order chi connectivity index (χ0) is 22.8. The summed E-state index contributed by atoms with van der Waals surface area (Å²) in [5, 5.41) is 19.9. The van der Waals surface area contributed by atoms with Crippen LogP contribution in [-0.2, 0) is 16.1 Å². The van der Waals surface area contributed by atoms with Gasteiger partial charge in [-0.05, 0) is 29.1 Å². The minimum absolute atomic E-state index is 0.0656. The number of aromatic nitrogens is 2. The van der Waals surface area contributed by atoms with Gasteiger partial charge in [-0.25, -0.2) is 9.78 Å². The van der Waals surface area contributed by atoms with Crippen LogP contribution in [-0.4, -0.2) is 39.4 Å². The summed E-state index contributed by atoms with van der Waals surface area (Å²) < 4.78 is 0. The normalized spacial score (nSPS) is 13.1. The van der Waals surface area contributed by atoms with Crippen LogP contribution in [0.25, 0.3) is 0 Å². The first-order valence-corrected chi connectivity index (χ1v) is 10.6. The Bertz CT molecular complexity index is 1230. The van der Waals surface area contributed by atoms with Crippen LogP contribution in [0.2, 0.25) is 5.02 Å². The number of nitrogens with zero attached hydrogens (tertiary/aromatic N) is 3. The van der Waals surface area contributed by atoms with Crippen LogP contribution in [0, 0.1) is 0 Å². The molecule has 0 fully saturated rings. The van der Waals surface area contributed by atoms with Crippen LogP contribution >= 0.6 is 22.9 Å². The van der Waals surface area contributed by atoms with Gasteiger partial charge in [-0.3, -0.25) is 9.59 Å². The lowest BCUT2D eigenvalue weighted by molar-refractivity contribution is -0.122. The Hall–Kier alpha value is -3.70. The van der Waals surface area contributed by atoms with Gasteiger partial charge in [-0.15, -0.1) is 11.3 Å². The van der Waals surface area contributed by atoms with E-state index in [1.54, 1.807) is 29.6 Å². The van der Waals surface area contributed by atoms with E-state index in [0.717, 1.165) is 16.9 Å². The maximum absolute atomic E-state index is 12.1. The molecule has 0 spiro atoms. The third-order valence-electron chi connectivity index (χ3n) is 4.65. The molecular formula is C20H17ClN6O4S. The Morgan fingerprint density at radius 2 is 2.09 bits per heavy atom. The minimum Gasteiger partial charge on any atom is -0.477 e. The summed E-state index contributed by atoms with van der Waals surface area (Å²) in [5.41, 5.74) is 2.37. The van der Waals surface area contributed by atoms with Gasteiger partial charge in [0.15, 0.2) is 5.82 Å². The zero-order valence-corrected chi connectivity index (χ0v) is 18.3. The Morgan fingerprint density at radius 3 is 2.84 bits per heavy atom. The van der Waals surface area contributed by atoms with E-state index >= 15 is 0 Å². The van der Waals surface area contributed by atoms with Crippen LogP contribution in [0.4, 0.5) is 28.8 Å². The lowest BCUT2D eigenvalue weighted by Crippen LogP contribution is -2.36. The number of nitrogens with one attached hydrogen (secondary N) is 3. The van der Waals surface area contributed by atoms with Gasteiger partial charge < -0.3 is 26.0 Å². The topological polar surface area (TPSA) is 137 Å². The van der Waals surface area contributed by atoms with Crippen molar-refractivity contribution in [3.05, 3.63) is 51.3 Å². The standard InChI is InChI=1S/C20H17ClN6O4S/c1-10(28)27-9-16(29)22-7-11-2-3-12(6-15(11)27)24-20-23-8-13(21)18(26-20)25-14-4-5-32-17(14)19(30)31/h2-6,8H,7,9H2,1H3,(H,22,29)(H,30,31)(H2,23,24,25,26). The summed E-state index contributed by atoms with van der Waals surface area (Å²) in [5.74, 6) is -1.10. The van der Waals surface area contributed by atoms with E-state index in [0.29, 0.717) is 23.6 Å². The first kappa shape index (κ1) is 21.5. The quantitative estimate of drug-likeness (QED) is 0.443. The van der Waals surface area contributed by atoms with Gasteiger partial charge in [0.25, 0.3) is 0 Å². The van der Waals surface area contributed by atoms with Gasteiger partial charge >= 0.3 is 5.97 Å². The highest BCUT2D eigenvalue weighted by molar-refractivity contribution is 7.12. The Labute approximate surface area is 191 Å². The summed E-state index contributed by atoms with van der Waals surface area (Å²) in [6.07, 6.45) is 1.39. The third-order valence-corrected chi connectivity index (χ3v) is 5.83. The number of carboxylic acids is 1. The van der Waals surface area contributed by atoms with Gasteiger partial charge in [0.2, 0.25) is 17.8 Å². The molecular weight excluding hydrogens is 456 g/mol. The molecule has 1 aromatic carbocycles. The largest absolute Gasteiger partial charge is 0.477 e. The molecule has 0 unspecified atom stereocenters. The van der Waals surface area contributed by atoms with E-state index in [1.165, 1.54) is 18.0 Å². The number of aromatic carboxylic acids is 1. The molecule has 1 aliphatic heterocycles. The Balaban J connectivity index is 1.61. The first-order chi connectivity index (χ1) is 15.3. The Morgan fingerprint density at radius 1 is 1.28 bits per heavy atom. The first-order valence-electron chi connectivity index (χ1n) is 9.37. The number of amides is 2. The molecule has 164 valence electrons. The molecule has 2 amide bonds. The van der Waals surface area contributed by atoms with Crippen molar-refractivity contribution in [1.82, 2.24) is 15.3 Å². The smallest absolute Gasteiger partial charge is 0.348 e. The number of benzene rings is 1. The number of thiophene rings is 1. The third kappa shape index (κ3) is 4.48. The second kappa shape index (κ2) is 8.81. The van der Waals surface area contributed by atoms with Gasteiger partial charge in [-0.1, -0.05) is 17.7 Å². The summed E-state index contributed by atoms with van der Waals surface area (Å²) >= 11 is 7.27. The molecule has 3 aromatic rings. The lowest BCUT2D eigenvalue weighted by Gasteiger charge is -2.21. The fourth-order valence-electron chi connectivity index (χ4n) is 3.15. The zero-order valence-electron chi connectivity index (χ0n) is 16.7. The molecule has 0 radical (unpaired) electrons. The molecule has 0 bridgehead atoms. The van der Waals surface area contributed by atoms with Crippen LogP contribution in [0.3, 0.4) is 0 Å². The van der Waals surface area contributed by atoms with Crippen molar-refractivity contribution in [3.8, 4) is 0 Å². The maximum Gasteiger partial charge on any atom is 0.348 e. The van der Waals surface area contributed by atoms with E-state index in [1.807, 2.05) is 0 Å². The van der Waals surface area contributed by atoms with Crippen molar-refractivity contribution in [2.45, 2.75) is 13.5 Å². The summed E-state index contributed by atoms with van der Waals surface area (Å²) in [7, 11) is 0. The Kier molecular flexibility index (Phi) is 5.93. The van der Waals surface area contributed by atoms with E-state index in [4.69, 9.17) is 11.6 Å². The molecule has 4 N–H and O–H groups in total. The molecule has 2 aromatic heterocycles. The van der Waals surface area contributed by atoms with Gasteiger partial charge in [0.1, 0.15) is 16.4 Å². The van der Waals surface area contributed by atoms with E-state index < -0.39 is 5.97 Å². The highest BCUT2D eigenvalue weighted by Crippen LogP contribution is 2.31. The second-order valence-electron chi connectivity index (χ2n) is 6.83. The molecule has 10 nitrogen and oxygen atoms in total. The lowest BCUT2D eigenvalue weighted by atomic mass is 10.1. The fourth-order valence-corrected chi connectivity index (χ4v) is 3.97. The molecule has 12 heteroatoms. The molecule has 32 heavy (non-hydrogen) atoms. The van der Waals surface area contributed by atoms with Crippen molar-refractivity contribution in [2.75, 3.05) is 22.1 Å². The fraction of sp³-hybridized carbons (Fsp3) is 0.150. The minimum atomic E-state index is -1.06. The van der Waals surface area contributed by atoms with E-state index in [9.17, 15) is 19.5 Å². The number of halogens is 1. The SMILES string of the molecule is CC(=O)N1CC(=O)NCc2ccc(Nc3ncc(Cl)c(Nc4ccsc4C(=O)O)n3)cc21. The average Bonchev–Trinajstić information content (AvgIpc) is 3.15. The van der Waals surface area contributed by atoms with Crippen molar-refractivity contribution in [2.24, 2.45) is 0 Å². The molecule has 1 aliphatic rings. The van der Waals surface area contributed by atoms with Crippen molar-refractivity contribution < 1.29 is 19.5 Å². The number of anilines is 5. The van der Waals surface area contributed by atoms with Crippen molar-refractivity contribution >= 4 is 69.5 Å². The summed E-state index contributed by atoms with van der Waals surface area (Å²) in [6, 6.07) is 6.95. The van der Waals surface area contributed by atoms with E-state index in [2.05, 4.69) is 25.9 Å². The number of hydrogen-bond donors (Lipinski definition) is 4. The predicted octanol–water partition coefficient (Wildman–Crippen LogP) is 3.36. The van der Waals surface area contributed by atoms with E-state index in [-0.39, 0.29) is 40.0 Å². The highest BCUT2D eigenvalue weighted by Gasteiger charge is 2.23. The number of fused-ring (bicyclic) bond motifs is 1. The number of rotatable bonds is 5. The summed E-state index contributed by atoms with van der Waals surface area (Å²) in [4.78, 5) is 45.4. The van der Waals surface area contributed by atoms with Crippen molar-refractivity contribution in [1.29, 1.82) is 0 Å². The van der Waals surface area contributed by atoms with Gasteiger partial charge in [0, 0.05) is 19.2 Å². The van der Waals surface area contributed by atoms with Crippen molar-refractivity contribution in [3.63, 3.8) is 0 Å². The van der Waals surface area contributed by atoms with Crippen LogP contribution in [0.5, 0.6) is 0 Å². The molecule has 0 aliphatic carbocycles. The average molecular weight is 473 g/mol. The van der Waals surface area contributed by atoms with Gasteiger partial charge in [0.05, 0.1) is 17.6 Å². The molecule has 0 saturated heterocycles. The number of carbonyl (C=O) groups is 3. The number of carboxylic acid groups (broad SMARTS) is 1. The summed E-state index contributed by atoms with van der Waals surface area (Å²) in [6.45, 7) is 1.65. The second-order valence-corrected chi connectivity index (χ2v) is 8.16.